The molecule has 4 nitrogen and oxygen atoms in total. The third-order valence-corrected chi connectivity index (χ3v) is 6.28. The standard InChI is InChI=1S/C24H26FN3OS/c25-18-9-11-19(12-10-18)30-23-17-21(20-7-2-3-8-22(20)27-23)24(29)26-13-6-16-28-14-4-1-5-15-28/h2-3,7-12,17H,1,4-6,13-16H2,(H,26,29). The van der Waals surface area contributed by atoms with Crippen LogP contribution in [-0.2, 0) is 0 Å². The molecular formula is C24H26FN3OS. The molecule has 0 radical (unpaired) electrons. The van der Waals surface area contributed by atoms with Gasteiger partial charge in [0, 0.05) is 16.8 Å². The van der Waals surface area contributed by atoms with E-state index < -0.39 is 0 Å². The summed E-state index contributed by atoms with van der Waals surface area (Å²) in [5, 5.41) is 4.64. The maximum atomic E-state index is 13.2. The van der Waals surface area contributed by atoms with Gasteiger partial charge in [0.1, 0.15) is 10.8 Å². The molecule has 4 rings (SSSR count). The summed E-state index contributed by atoms with van der Waals surface area (Å²) >= 11 is 1.43. The van der Waals surface area contributed by atoms with Gasteiger partial charge in [-0.25, -0.2) is 9.37 Å². The molecule has 1 aromatic heterocycles. The van der Waals surface area contributed by atoms with E-state index in [-0.39, 0.29) is 11.7 Å². The molecule has 0 bridgehead atoms. The Labute approximate surface area is 180 Å². The predicted octanol–water partition coefficient (Wildman–Crippen LogP) is 5.13. The summed E-state index contributed by atoms with van der Waals surface area (Å²) in [6, 6.07) is 15.8. The number of para-hydroxylation sites is 1. The van der Waals surface area contributed by atoms with Gasteiger partial charge in [-0.05, 0) is 75.3 Å². The van der Waals surface area contributed by atoms with Crippen LogP contribution in [0.4, 0.5) is 4.39 Å². The van der Waals surface area contributed by atoms with Crippen LogP contribution in [0.1, 0.15) is 36.0 Å². The maximum absolute atomic E-state index is 13.2. The number of carbonyl (C=O) groups is 1. The van der Waals surface area contributed by atoms with E-state index in [4.69, 9.17) is 0 Å². The topological polar surface area (TPSA) is 45.2 Å². The van der Waals surface area contributed by atoms with Gasteiger partial charge >= 0.3 is 0 Å². The van der Waals surface area contributed by atoms with Gasteiger partial charge in [-0.2, -0.15) is 0 Å². The monoisotopic (exact) mass is 423 g/mol. The quantitative estimate of drug-likeness (QED) is 0.535. The molecule has 1 amide bonds. The lowest BCUT2D eigenvalue weighted by Crippen LogP contribution is -2.33. The Morgan fingerprint density at radius 2 is 1.83 bits per heavy atom. The highest BCUT2D eigenvalue weighted by Crippen LogP contribution is 2.30. The fourth-order valence-electron chi connectivity index (χ4n) is 3.80. The third kappa shape index (κ3) is 5.37. The van der Waals surface area contributed by atoms with Crippen molar-refractivity contribution in [1.29, 1.82) is 0 Å². The number of nitrogens with zero attached hydrogens (tertiary/aromatic N) is 2. The fourth-order valence-corrected chi connectivity index (χ4v) is 4.63. The van der Waals surface area contributed by atoms with Crippen molar-refractivity contribution in [2.45, 2.75) is 35.6 Å². The van der Waals surface area contributed by atoms with Crippen LogP contribution in [0.15, 0.2) is 64.5 Å². The summed E-state index contributed by atoms with van der Waals surface area (Å²) in [7, 11) is 0. The number of nitrogens with one attached hydrogen (secondary N) is 1. The number of carbonyl (C=O) groups excluding carboxylic acids is 1. The van der Waals surface area contributed by atoms with Crippen molar-refractivity contribution in [3.8, 4) is 0 Å². The molecule has 2 aromatic carbocycles. The molecule has 6 heteroatoms. The highest BCUT2D eigenvalue weighted by Gasteiger charge is 2.14. The SMILES string of the molecule is O=C(NCCCN1CCCCC1)c1cc(Sc2ccc(F)cc2)nc2ccccc12. The summed E-state index contributed by atoms with van der Waals surface area (Å²) in [6.07, 6.45) is 4.85. The fraction of sp³-hybridized carbons (Fsp3) is 0.333. The van der Waals surface area contributed by atoms with Gasteiger partial charge in [-0.1, -0.05) is 36.4 Å². The van der Waals surface area contributed by atoms with E-state index in [2.05, 4.69) is 15.2 Å². The van der Waals surface area contributed by atoms with Crippen molar-refractivity contribution >= 4 is 28.6 Å². The van der Waals surface area contributed by atoms with Crippen molar-refractivity contribution < 1.29 is 9.18 Å². The summed E-state index contributed by atoms with van der Waals surface area (Å²) in [6.45, 7) is 4.04. The number of aromatic nitrogens is 1. The first kappa shape index (κ1) is 20.8. The number of pyridine rings is 1. The lowest BCUT2D eigenvalue weighted by molar-refractivity contribution is 0.0952. The minimum absolute atomic E-state index is 0.0757. The first-order valence-electron chi connectivity index (χ1n) is 10.5. The van der Waals surface area contributed by atoms with E-state index >= 15 is 0 Å². The van der Waals surface area contributed by atoms with Gasteiger partial charge in [-0.3, -0.25) is 4.79 Å². The van der Waals surface area contributed by atoms with Gasteiger partial charge in [0.05, 0.1) is 11.1 Å². The molecule has 0 saturated carbocycles. The van der Waals surface area contributed by atoms with Crippen molar-refractivity contribution in [1.82, 2.24) is 15.2 Å². The lowest BCUT2D eigenvalue weighted by atomic mass is 10.1. The number of amides is 1. The number of rotatable bonds is 7. The molecule has 1 saturated heterocycles. The molecule has 156 valence electrons. The first-order chi connectivity index (χ1) is 14.7. The Kier molecular flexibility index (Phi) is 6.97. The summed E-state index contributed by atoms with van der Waals surface area (Å²) in [5.41, 5.74) is 1.41. The third-order valence-electron chi connectivity index (χ3n) is 5.36. The number of benzene rings is 2. The summed E-state index contributed by atoms with van der Waals surface area (Å²) in [4.78, 5) is 21.0. The lowest BCUT2D eigenvalue weighted by Gasteiger charge is -2.26. The molecule has 0 spiro atoms. The highest BCUT2D eigenvalue weighted by atomic mass is 32.2. The van der Waals surface area contributed by atoms with E-state index in [1.807, 2.05) is 30.3 Å². The molecule has 0 aliphatic carbocycles. The number of fused-ring (bicyclic) bond motifs is 1. The Morgan fingerprint density at radius 1 is 1.07 bits per heavy atom. The number of likely N-dealkylation sites (tertiary alicyclic amines) is 1. The van der Waals surface area contributed by atoms with Crippen LogP contribution in [0.5, 0.6) is 0 Å². The van der Waals surface area contributed by atoms with Gasteiger partial charge in [0.25, 0.3) is 5.91 Å². The summed E-state index contributed by atoms with van der Waals surface area (Å²) in [5.74, 6) is -0.344. The highest BCUT2D eigenvalue weighted by molar-refractivity contribution is 7.99. The van der Waals surface area contributed by atoms with E-state index in [0.717, 1.165) is 33.8 Å². The summed E-state index contributed by atoms with van der Waals surface area (Å²) < 4.78 is 13.2. The zero-order valence-electron chi connectivity index (χ0n) is 16.9. The second kappa shape index (κ2) is 10.0. The van der Waals surface area contributed by atoms with Crippen LogP contribution in [0.2, 0.25) is 0 Å². The molecule has 3 aromatic rings. The molecule has 1 aliphatic rings. The van der Waals surface area contributed by atoms with Gasteiger partial charge in [0.2, 0.25) is 0 Å². The maximum Gasteiger partial charge on any atom is 0.252 e. The molecule has 30 heavy (non-hydrogen) atoms. The molecule has 2 heterocycles. The van der Waals surface area contributed by atoms with Crippen LogP contribution < -0.4 is 5.32 Å². The van der Waals surface area contributed by atoms with E-state index in [0.29, 0.717) is 12.1 Å². The van der Waals surface area contributed by atoms with Crippen molar-refractivity contribution in [3.05, 3.63) is 66.0 Å². The predicted molar refractivity (Wildman–Crippen MR) is 120 cm³/mol. The molecule has 0 atom stereocenters. The minimum Gasteiger partial charge on any atom is -0.352 e. The second-order valence-electron chi connectivity index (χ2n) is 7.59. The van der Waals surface area contributed by atoms with Gasteiger partial charge in [0.15, 0.2) is 0 Å². The Hall–Kier alpha value is -2.44. The van der Waals surface area contributed by atoms with Crippen LogP contribution >= 0.6 is 11.8 Å². The van der Waals surface area contributed by atoms with Crippen LogP contribution in [-0.4, -0.2) is 42.0 Å². The smallest absolute Gasteiger partial charge is 0.252 e. The minimum atomic E-state index is -0.268. The number of hydrogen-bond donors (Lipinski definition) is 1. The van der Waals surface area contributed by atoms with Crippen LogP contribution in [0.25, 0.3) is 10.9 Å². The average Bonchev–Trinajstić information content (AvgIpc) is 2.78. The van der Waals surface area contributed by atoms with Crippen LogP contribution in [0.3, 0.4) is 0 Å². The molecule has 0 unspecified atom stereocenters. The molecule has 1 aliphatic heterocycles. The van der Waals surface area contributed by atoms with Crippen LogP contribution in [0, 0.1) is 5.82 Å². The van der Waals surface area contributed by atoms with E-state index in [9.17, 15) is 9.18 Å². The van der Waals surface area contributed by atoms with E-state index in [1.54, 1.807) is 12.1 Å². The van der Waals surface area contributed by atoms with E-state index in [1.165, 1.54) is 56.2 Å². The van der Waals surface area contributed by atoms with Crippen molar-refractivity contribution in [2.75, 3.05) is 26.2 Å². The average molecular weight is 424 g/mol. The first-order valence-corrected chi connectivity index (χ1v) is 11.3. The number of halogens is 1. The Balaban J connectivity index is 1.45. The number of piperidine rings is 1. The molecule has 1 fully saturated rings. The zero-order chi connectivity index (χ0) is 20.8. The van der Waals surface area contributed by atoms with Gasteiger partial charge < -0.3 is 10.2 Å². The molecule has 1 N–H and O–H groups in total. The van der Waals surface area contributed by atoms with Crippen molar-refractivity contribution in [2.24, 2.45) is 0 Å². The normalized spacial score (nSPS) is 14.7. The van der Waals surface area contributed by atoms with Crippen molar-refractivity contribution in [3.63, 3.8) is 0 Å². The Morgan fingerprint density at radius 3 is 2.63 bits per heavy atom. The largest absolute Gasteiger partial charge is 0.352 e. The molecular weight excluding hydrogens is 397 g/mol. The van der Waals surface area contributed by atoms with Gasteiger partial charge in [-0.15, -0.1) is 0 Å². The second-order valence-corrected chi connectivity index (χ2v) is 8.69. The zero-order valence-corrected chi connectivity index (χ0v) is 17.8. The Bertz CT molecular complexity index is 1000. The number of hydrogen-bond acceptors (Lipinski definition) is 4.